The molecule has 1 unspecified atom stereocenters. The topological polar surface area (TPSA) is 29.9 Å². The van der Waals surface area contributed by atoms with Crippen molar-refractivity contribution in [1.29, 1.82) is 0 Å². The molecule has 1 N–H and O–H groups in total. The zero-order chi connectivity index (χ0) is 14.7. The number of nitrogens with one attached hydrogen (secondary N) is 1. The van der Waals surface area contributed by atoms with Crippen LogP contribution in [0.25, 0.3) is 5.69 Å². The maximum absolute atomic E-state index is 4.53. The Bertz CT molecular complexity index is 589. The second-order valence-corrected chi connectivity index (χ2v) is 6.07. The molecule has 20 heavy (non-hydrogen) atoms. The summed E-state index contributed by atoms with van der Waals surface area (Å²) >= 11 is 3.69. The molecule has 0 amide bonds. The van der Waals surface area contributed by atoms with Crippen molar-refractivity contribution in [2.45, 2.75) is 40.2 Å². The molecule has 1 aromatic heterocycles. The molecule has 0 aliphatic rings. The Balaban J connectivity index is 2.28. The minimum Gasteiger partial charge on any atom is -0.310 e. The van der Waals surface area contributed by atoms with Gasteiger partial charge in [-0.1, -0.05) is 28.9 Å². The van der Waals surface area contributed by atoms with Gasteiger partial charge in [-0.05, 0) is 57.5 Å². The van der Waals surface area contributed by atoms with Gasteiger partial charge in [0.1, 0.15) is 0 Å². The van der Waals surface area contributed by atoms with Gasteiger partial charge in [0.2, 0.25) is 0 Å². The van der Waals surface area contributed by atoms with Crippen molar-refractivity contribution in [2.24, 2.45) is 0 Å². The van der Waals surface area contributed by atoms with Gasteiger partial charge in [-0.15, -0.1) is 0 Å². The fourth-order valence-corrected chi connectivity index (χ4v) is 3.07. The summed E-state index contributed by atoms with van der Waals surface area (Å²) < 4.78 is 3.10. The van der Waals surface area contributed by atoms with E-state index in [4.69, 9.17) is 0 Å². The van der Waals surface area contributed by atoms with Gasteiger partial charge in [0.05, 0.1) is 11.4 Å². The highest BCUT2D eigenvalue weighted by Crippen LogP contribution is 2.26. The monoisotopic (exact) mass is 335 g/mol. The Morgan fingerprint density at radius 3 is 2.60 bits per heavy atom. The molecule has 2 rings (SSSR count). The summed E-state index contributed by atoms with van der Waals surface area (Å²) in [5.41, 5.74) is 4.57. The maximum Gasteiger partial charge on any atom is 0.0660 e. The maximum atomic E-state index is 4.53. The van der Waals surface area contributed by atoms with E-state index in [1.807, 2.05) is 11.6 Å². The highest BCUT2D eigenvalue weighted by Gasteiger charge is 2.11. The SMILES string of the molecule is CCCNC(C)c1ccc(-n2nc(C)cc2C)cc1Br. The number of hydrogen-bond donors (Lipinski definition) is 1. The molecule has 108 valence electrons. The van der Waals surface area contributed by atoms with Crippen LogP contribution < -0.4 is 5.32 Å². The number of nitrogens with zero attached hydrogens (tertiary/aromatic N) is 2. The van der Waals surface area contributed by atoms with E-state index in [2.05, 4.69) is 71.4 Å². The van der Waals surface area contributed by atoms with Gasteiger partial charge in [0.25, 0.3) is 0 Å². The quantitative estimate of drug-likeness (QED) is 0.882. The normalized spacial score (nSPS) is 12.7. The number of benzene rings is 1. The number of rotatable bonds is 5. The lowest BCUT2D eigenvalue weighted by atomic mass is 10.1. The summed E-state index contributed by atoms with van der Waals surface area (Å²) in [6.07, 6.45) is 1.14. The summed E-state index contributed by atoms with van der Waals surface area (Å²) in [6.45, 7) is 9.50. The van der Waals surface area contributed by atoms with Crippen molar-refractivity contribution >= 4 is 15.9 Å². The largest absolute Gasteiger partial charge is 0.310 e. The van der Waals surface area contributed by atoms with E-state index in [9.17, 15) is 0 Å². The second kappa shape index (κ2) is 6.55. The highest BCUT2D eigenvalue weighted by atomic mass is 79.9. The molecular formula is C16H22BrN3. The molecule has 0 bridgehead atoms. The third-order valence-electron chi connectivity index (χ3n) is 3.41. The Labute approximate surface area is 129 Å². The minimum absolute atomic E-state index is 0.346. The molecule has 3 nitrogen and oxygen atoms in total. The van der Waals surface area contributed by atoms with Gasteiger partial charge in [0.15, 0.2) is 0 Å². The van der Waals surface area contributed by atoms with Crippen LogP contribution in [-0.4, -0.2) is 16.3 Å². The second-order valence-electron chi connectivity index (χ2n) is 5.22. The van der Waals surface area contributed by atoms with E-state index in [1.54, 1.807) is 0 Å². The third-order valence-corrected chi connectivity index (χ3v) is 4.09. The molecule has 0 aliphatic carbocycles. The Morgan fingerprint density at radius 1 is 1.30 bits per heavy atom. The first kappa shape index (κ1) is 15.3. The van der Waals surface area contributed by atoms with E-state index in [0.717, 1.165) is 34.5 Å². The lowest BCUT2D eigenvalue weighted by Crippen LogP contribution is -2.19. The van der Waals surface area contributed by atoms with Crippen molar-refractivity contribution < 1.29 is 0 Å². The van der Waals surface area contributed by atoms with Gasteiger partial charge in [-0.25, -0.2) is 4.68 Å². The van der Waals surface area contributed by atoms with Gasteiger partial charge in [0, 0.05) is 16.2 Å². The predicted octanol–water partition coefficient (Wildman–Crippen LogP) is 4.31. The lowest BCUT2D eigenvalue weighted by Gasteiger charge is -2.16. The molecule has 0 aliphatic heterocycles. The highest BCUT2D eigenvalue weighted by molar-refractivity contribution is 9.10. The number of aryl methyl sites for hydroxylation is 2. The predicted molar refractivity (Wildman–Crippen MR) is 87.4 cm³/mol. The Hall–Kier alpha value is -1.13. The van der Waals surface area contributed by atoms with Gasteiger partial charge in [-0.2, -0.15) is 5.10 Å². The van der Waals surface area contributed by atoms with Crippen LogP contribution in [0.15, 0.2) is 28.7 Å². The van der Waals surface area contributed by atoms with Gasteiger partial charge >= 0.3 is 0 Å². The molecule has 0 saturated heterocycles. The van der Waals surface area contributed by atoms with Crippen LogP contribution in [0.1, 0.15) is 43.3 Å². The minimum atomic E-state index is 0.346. The van der Waals surface area contributed by atoms with Crippen LogP contribution in [0.3, 0.4) is 0 Å². The first-order valence-electron chi connectivity index (χ1n) is 7.09. The van der Waals surface area contributed by atoms with Crippen LogP contribution in [0.2, 0.25) is 0 Å². The number of halogens is 1. The Kier molecular flexibility index (Phi) is 5.00. The molecule has 4 heteroatoms. The van der Waals surface area contributed by atoms with Crippen molar-refractivity contribution in [3.63, 3.8) is 0 Å². The standard InChI is InChI=1S/C16H22BrN3/c1-5-8-18-13(4)15-7-6-14(10-16(15)17)20-12(3)9-11(2)19-20/h6-7,9-10,13,18H,5,8H2,1-4H3. The lowest BCUT2D eigenvalue weighted by molar-refractivity contribution is 0.569. The van der Waals surface area contributed by atoms with Gasteiger partial charge < -0.3 is 5.32 Å². The fraction of sp³-hybridized carbons (Fsp3) is 0.438. The number of hydrogen-bond acceptors (Lipinski definition) is 2. The van der Waals surface area contributed by atoms with E-state index in [0.29, 0.717) is 6.04 Å². The summed E-state index contributed by atoms with van der Waals surface area (Å²) in [4.78, 5) is 0. The molecule has 1 atom stereocenters. The molecule has 1 heterocycles. The van der Waals surface area contributed by atoms with Gasteiger partial charge in [-0.3, -0.25) is 0 Å². The molecule has 0 fully saturated rings. The van der Waals surface area contributed by atoms with Crippen molar-refractivity contribution in [2.75, 3.05) is 6.54 Å². The molecule has 1 aromatic carbocycles. The van der Waals surface area contributed by atoms with Crippen molar-refractivity contribution in [1.82, 2.24) is 15.1 Å². The fourth-order valence-electron chi connectivity index (χ4n) is 2.36. The summed E-state index contributed by atoms with van der Waals surface area (Å²) in [5, 5.41) is 8.04. The van der Waals surface area contributed by atoms with E-state index >= 15 is 0 Å². The molecular weight excluding hydrogens is 314 g/mol. The summed E-state index contributed by atoms with van der Waals surface area (Å²) in [5.74, 6) is 0. The summed E-state index contributed by atoms with van der Waals surface area (Å²) in [7, 11) is 0. The van der Waals surface area contributed by atoms with Crippen LogP contribution in [-0.2, 0) is 0 Å². The molecule has 0 radical (unpaired) electrons. The van der Waals surface area contributed by atoms with Crippen LogP contribution in [0.4, 0.5) is 0 Å². The first-order valence-corrected chi connectivity index (χ1v) is 7.88. The molecule has 0 spiro atoms. The average molecular weight is 336 g/mol. The van der Waals surface area contributed by atoms with Crippen LogP contribution >= 0.6 is 15.9 Å². The average Bonchev–Trinajstić information content (AvgIpc) is 2.75. The molecule has 2 aromatic rings. The Morgan fingerprint density at radius 2 is 2.05 bits per heavy atom. The first-order chi connectivity index (χ1) is 9.52. The molecule has 0 saturated carbocycles. The smallest absolute Gasteiger partial charge is 0.0660 e. The van der Waals surface area contributed by atoms with Crippen LogP contribution in [0, 0.1) is 13.8 Å². The number of aromatic nitrogens is 2. The van der Waals surface area contributed by atoms with Crippen LogP contribution in [0.5, 0.6) is 0 Å². The van der Waals surface area contributed by atoms with Crippen molar-refractivity contribution in [3.8, 4) is 5.69 Å². The van der Waals surface area contributed by atoms with Crippen molar-refractivity contribution in [3.05, 3.63) is 45.7 Å². The van der Waals surface area contributed by atoms with E-state index < -0.39 is 0 Å². The third kappa shape index (κ3) is 3.30. The zero-order valence-electron chi connectivity index (χ0n) is 12.6. The summed E-state index contributed by atoms with van der Waals surface area (Å²) in [6, 6.07) is 8.87. The zero-order valence-corrected chi connectivity index (χ0v) is 14.2. The van der Waals surface area contributed by atoms with E-state index in [-0.39, 0.29) is 0 Å². The van der Waals surface area contributed by atoms with E-state index in [1.165, 1.54) is 5.56 Å².